The molecule has 0 bridgehead atoms. The van der Waals surface area contributed by atoms with Crippen LogP contribution in [-0.2, 0) is 22.1 Å². The van der Waals surface area contributed by atoms with Crippen LogP contribution in [0.4, 0.5) is 22.0 Å². The Morgan fingerprint density at radius 2 is 2.05 bits per heavy atom. The van der Waals surface area contributed by atoms with Crippen molar-refractivity contribution in [2.75, 3.05) is 7.11 Å². The van der Waals surface area contributed by atoms with Crippen molar-refractivity contribution in [3.63, 3.8) is 0 Å². The predicted molar refractivity (Wildman–Crippen MR) is 62.6 cm³/mol. The molecule has 9 heteroatoms. The maximum atomic E-state index is 12.8. The van der Waals surface area contributed by atoms with Gasteiger partial charge in [0.1, 0.15) is 9.39 Å². The van der Waals surface area contributed by atoms with Gasteiger partial charge in [0, 0.05) is 5.56 Å². The molecule has 0 saturated heterocycles. The zero-order chi connectivity index (χ0) is 14.8. The Bertz CT molecular complexity index is 490. The Hall–Kier alpha value is -1.00. The van der Waals surface area contributed by atoms with Gasteiger partial charge in [0.2, 0.25) is 0 Å². The van der Waals surface area contributed by atoms with Crippen molar-refractivity contribution in [2.45, 2.75) is 19.0 Å². The van der Waals surface area contributed by atoms with E-state index in [9.17, 15) is 26.7 Å². The summed E-state index contributed by atoms with van der Waals surface area (Å²) < 4.78 is 67.3. The lowest BCUT2D eigenvalue weighted by Gasteiger charge is -2.15. The number of ether oxygens (including phenoxy) is 1. The van der Waals surface area contributed by atoms with E-state index >= 15 is 0 Å². The van der Waals surface area contributed by atoms with E-state index in [2.05, 4.69) is 9.72 Å². The first-order chi connectivity index (χ1) is 8.66. The highest BCUT2D eigenvalue weighted by Crippen LogP contribution is 2.36. The van der Waals surface area contributed by atoms with Gasteiger partial charge in [0.15, 0.2) is 0 Å². The summed E-state index contributed by atoms with van der Waals surface area (Å²) in [6, 6.07) is 0.255. The first-order valence-corrected chi connectivity index (χ1v) is 5.86. The van der Waals surface area contributed by atoms with Crippen LogP contribution in [-0.4, -0.2) is 18.1 Å². The molecule has 0 aliphatic rings. The maximum Gasteiger partial charge on any atom is 0.416 e. The lowest BCUT2D eigenvalue weighted by molar-refractivity contribution is -0.141. The summed E-state index contributed by atoms with van der Waals surface area (Å²) in [5.41, 5.74) is -2.75. The van der Waals surface area contributed by atoms with Crippen molar-refractivity contribution in [3.05, 3.63) is 26.6 Å². The minimum Gasteiger partial charge on any atom is -0.469 e. The molecule has 0 amide bonds. The minimum atomic E-state index is -4.85. The van der Waals surface area contributed by atoms with Crippen LogP contribution >= 0.6 is 22.6 Å². The number of pyridine rings is 1. The number of alkyl halides is 5. The van der Waals surface area contributed by atoms with Gasteiger partial charge in [0.25, 0.3) is 6.43 Å². The largest absolute Gasteiger partial charge is 0.469 e. The van der Waals surface area contributed by atoms with Gasteiger partial charge in [0.05, 0.1) is 19.1 Å². The van der Waals surface area contributed by atoms with Gasteiger partial charge >= 0.3 is 12.1 Å². The molecule has 0 spiro atoms. The SMILES string of the molecule is COC(=O)Cc1c(C(F)(F)F)cc(C(F)F)nc1I. The average molecular weight is 395 g/mol. The van der Waals surface area contributed by atoms with Crippen molar-refractivity contribution in [2.24, 2.45) is 0 Å². The Labute approximate surface area is 118 Å². The number of rotatable bonds is 3. The lowest BCUT2D eigenvalue weighted by atomic mass is 10.1. The van der Waals surface area contributed by atoms with Gasteiger partial charge in [-0.2, -0.15) is 13.2 Å². The zero-order valence-corrected chi connectivity index (χ0v) is 11.6. The molecule has 0 aliphatic heterocycles. The van der Waals surface area contributed by atoms with Gasteiger partial charge in [-0.05, 0) is 28.7 Å². The molecule has 3 nitrogen and oxygen atoms in total. The average Bonchev–Trinajstić information content (AvgIpc) is 2.29. The second-order valence-corrected chi connectivity index (χ2v) is 4.44. The second-order valence-electron chi connectivity index (χ2n) is 3.42. The summed E-state index contributed by atoms with van der Waals surface area (Å²) in [4.78, 5) is 14.4. The number of hydrogen-bond acceptors (Lipinski definition) is 3. The molecule has 19 heavy (non-hydrogen) atoms. The number of methoxy groups -OCH3 is 1. The molecule has 0 aliphatic carbocycles. The summed E-state index contributed by atoms with van der Waals surface area (Å²) in [5, 5.41) is 0. The third-order valence-electron chi connectivity index (χ3n) is 2.17. The minimum absolute atomic E-state index is 0.255. The quantitative estimate of drug-likeness (QED) is 0.341. The van der Waals surface area contributed by atoms with Crippen LogP contribution in [0.25, 0.3) is 0 Å². The fourth-order valence-corrected chi connectivity index (χ4v) is 2.07. The van der Waals surface area contributed by atoms with Gasteiger partial charge in [-0.1, -0.05) is 0 Å². The molecular weight excluding hydrogens is 388 g/mol. The maximum absolute atomic E-state index is 12.8. The smallest absolute Gasteiger partial charge is 0.416 e. The molecule has 0 fully saturated rings. The topological polar surface area (TPSA) is 39.2 Å². The Morgan fingerprint density at radius 1 is 1.47 bits per heavy atom. The summed E-state index contributed by atoms with van der Waals surface area (Å²) in [6.45, 7) is 0. The third-order valence-corrected chi connectivity index (χ3v) is 3.06. The fraction of sp³-hybridized carbons (Fsp3) is 0.400. The normalized spacial score (nSPS) is 11.8. The number of nitrogens with zero attached hydrogens (tertiary/aromatic N) is 1. The zero-order valence-electron chi connectivity index (χ0n) is 9.39. The highest BCUT2D eigenvalue weighted by Gasteiger charge is 2.36. The van der Waals surface area contributed by atoms with Gasteiger partial charge < -0.3 is 4.74 Å². The van der Waals surface area contributed by atoms with E-state index in [1.165, 1.54) is 22.6 Å². The van der Waals surface area contributed by atoms with Crippen LogP contribution in [0.3, 0.4) is 0 Å². The Morgan fingerprint density at radius 3 is 2.47 bits per heavy atom. The van der Waals surface area contributed by atoms with E-state index < -0.39 is 41.8 Å². The number of carbonyl (C=O) groups is 1. The van der Waals surface area contributed by atoms with Crippen LogP contribution in [0.2, 0.25) is 0 Å². The highest BCUT2D eigenvalue weighted by molar-refractivity contribution is 14.1. The van der Waals surface area contributed by atoms with Gasteiger partial charge in [-0.3, -0.25) is 4.79 Å². The summed E-state index contributed by atoms with van der Waals surface area (Å²) in [7, 11) is 1.02. The summed E-state index contributed by atoms with van der Waals surface area (Å²) >= 11 is 1.38. The van der Waals surface area contributed by atoms with E-state index in [1.54, 1.807) is 0 Å². The fourth-order valence-electron chi connectivity index (χ4n) is 1.31. The number of carbonyl (C=O) groups excluding carboxylic acids is 1. The van der Waals surface area contributed by atoms with Crippen LogP contribution in [0, 0.1) is 3.70 Å². The molecule has 1 aromatic rings. The molecule has 0 atom stereocenters. The van der Waals surface area contributed by atoms with E-state index in [4.69, 9.17) is 0 Å². The molecule has 0 N–H and O–H groups in total. The van der Waals surface area contributed by atoms with E-state index in [1.807, 2.05) is 0 Å². The number of aromatic nitrogens is 1. The molecule has 1 aromatic heterocycles. The predicted octanol–water partition coefficient (Wildman–Crippen LogP) is 3.36. The molecule has 0 unspecified atom stereocenters. The number of esters is 1. The number of halogens is 6. The molecule has 0 saturated carbocycles. The summed E-state index contributed by atoms with van der Waals surface area (Å²) in [5.74, 6) is -0.907. The second kappa shape index (κ2) is 5.97. The van der Waals surface area contributed by atoms with Gasteiger partial charge in [-0.25, -0.2) is 13.8 Å². The summed E-state index contributed by atoms with van der Waals surface area (Å²) in [6.07, 6.45) is -8.66. The highest BCUT2D eigenvalue weighted by atomic mass is 127. The molecular formula is C10H7F5INO2. The van der Waals surface area contributed by atoms with Crippen LogP contribution in [0.15, 0.2) is 6.07 Å². The first kappa shape index (κ1) is 16.1. The van der Waals surface area contributed by atoms with E-state index in [0.29, 0.717) is 0 Å². The van der Waals surface area contributed by atoms with E-state index in [-0.39, 0.29) is 9.77 Å². The molecule has 106 valence electrons. The lowest BCUT2D eigenvalue weighted by Crippen LogP contribution is -2.17. The first-order valence-electron chi connectivity index (χ1n) is 4.78. The molecule has 1 rings (SSSR count). The Balaban J connectivity index is 3.39. The van der Waals surface area contributed by atoms with E-state index in [0.717, 1.165) is 7.11 Å². The number of hydrogen-bond donors (Lipinski definition) is 0. The standard InChI is InChI=1S/C10H7F5INO2/c1-19-7(18)2-4-5(10(13,14)15)3-6(8(11)12)17-9(4)16/h3,8H,2H2,1H3. The van der Waals surface area contributed by atoms with Crippen LogP contribution in [0.5, 0.6) is 0 Å². The van der Waals surface area contributed by atoms with Crippen molar-refractivity contribution >= 4 is 28.6 Å². The van der Waals surface area contributed by atoms with Crippen LogP contribution < -0.4 is 0 Å². The van der Waals surface area contributed by atoms with Crippen molar-refractivity contribution in [3.8, 4) is 0 Å². The van der Waals surface area contributed by atoms with Crippen molar-refractivity contribution in [1.82, 2.24) is 4.98 Å². The van der Waals surface area contributed by atoms with Crippen molar-refractivity contribution in [1.29, 1.82) is 0 Å². The van der Waals surface area contributed by atoms with Gasteiger partial charge in [-0.15, -0.1) is 0 Å². The molecule has 1 heterocycles. The monoisotopic (exact) mass is 395 g/mol. The molecule has 0 aromatic carbocycles. The van der Waals surface area contributed by atoms with Crippen LogP contribution in [0.1, 0.15) is 23.2 Å². The Kier molecular flexibility index (Phi) is 5.04. The van der Waals surface area contributed by atoms with Crippen molar-refractivity contribution < 1.29 is 31.5 Å². The third kappa shape index (κ3) is 3.98. The molecule has 0 radical (unpaired) electrons.